The first-order valence-electron chi connectivity index (χ1n) is 20.8. The van der Waals surface area contributed by atoms with Crippen molar-refractivity contribution in [3.8, 4) is 0 Å². The van der Waals surface area contributed by atoms with Crippen molar-refractivity contribution in [3.05, 3.63) is 48.6 Å². The number of aliphatic carboxylic acids is 1. The van der Waals surface area contributed by atoms with Crippen molar-refractivity contribution in [2.45, 2.75) is 179 Å². The second-order valence-electron chi connectivity index (χ2n) is 14.1. The summed E-state index contributed by atoms with van der Waals surface area (Å²) in [5, 5.41) is 8.87. The second-order valence-corrected chi connectivity index (χ2v) is 15.6. The quantitative estimate of drug-likeness (QED) is 0.0178. The largest absolute Gasteiger partial charge is 0.480 e. The van der Waals surface area contributed by atoms with Crippen LogP contribution < -0.4 is 5.73 Å². The van der Waals surface area contributed by atoms with E-state index in [1.807, 2.05) is 12.2 Å². The molecule has 316 valence electrons. The van der Waals surface area contributed by atoms with E-state index in [4.69, 9.17) is 29.6 Å². The Morgan fingerprint density at radius 1 is 0.673 bits per heavy atom. The number of carbonyl (C=O) groups is 3. The summed E-state index contributed by atoms with van der Waals surface area (Å²) < 4.78 is 38.3. The van der Waals surface area contributed by atoms with E-state index in [0.29, 0.717) is 31.5 Å². The maximum Gasteiger partial charge on any atom is 0.472 e. The van der Waals surface area contributed by atoms with E-state index in [-0.39, 0.29) is 19.4 Å². The lowest BCUT2D eigenvalue weighted by molar-refractivity contribution is -0.161. The maximum absolute atomic E-state index is 12.6. The molecule has 0 aromatic rings. The first-order chi connectivity index (χ1) is 26.6. The molecule has 1 rings (SSSR count). The van der Waals surface area contributed by atoms with E-state index in [1.54, 1.807) is 0 Å². The third-order valence-electron chi connectivity index (χ3n) is 8.97. The summed E-state index contributed by atoms with van der Waals surface area (Å²) in [6, 6.07) is -1.53. The van der Waals surface area contributed by atoms with E-state index in [2.05, 4.69) is 54.8 Å². The molecule has 3 unspecified atom stereocenters. The number of epoxide rings is 1. The number of carboxylic acid groups (broad SMARTS) is 1. The third-order valence-corrected chi connectivity index (χ3v) is 9.92. The van der Waals surface area contributed by atoms with Crippen LogP contribution in [0.15, 0.2) is 48.6 Å². The van der Waals surface area contributed by atoms with Gasteiger partial charge in [0, 0.05) is 12.8 Å². The topological polar surface area (TPSA) is 184 Å². The van der Waals surface area contributed by atoms with Crippen LogP contribution in [0.2, 0.25) is 0 Å². The van der Waals surface area contributed by atoms with Gasteiger partial charge in [0.15, 0.2) is 6.10 Å². The van der Waals surface area contributed by atoms with E-state index in [9.17, 15) is 23.8 Å². The van der Waals surface area contributed by atoms with Gasteiger partial charge in [0.25, 0.3) is 0 Å². The minimum Gasteiger partial charge on any atom is -0.480 e. The lowest BCUT2D eigenvalue weighted by Crippen LogP contribution is -2.34. The average Bonchev–Trinajstić information content (AvgIpc) is 3.91. The smallest absolute Gasteiger partial charge is 0.472 e. The van der Waals surface area contributed by atoms with Gasteiger partial charge < -0.3 is 29.9 Å². The van der Waals surface area contributed by atoms with Crippen LogP contribution in [0.25, 0.3) is 0 Å². The number of ether oxygens (including phenoxy) is 3. The summed E-state index contributed by atoms with van der Waals surface area (Å²) in [6.07, 6.45) is 37.9. The number of hydrogen-bond donors (Lipinski definition) is 3. The molecule has 0 spiro atoms. The van der Waals surface area contributed by atoms with Crippen molar-refractivity contribution in [1.29, 1.82) is 0 Å². The highest BCUT2D eigenvalue weighted by Crippen LogP contribution is 2.43. The van der Waals surface area contributed by atoms with Gasteiger partial charge in [-0.25, -0.2) is 4.57 Å². The number of nitrogens with two attached hydrogens (primary N) is 1. The van der Waals surface area contributed by atoms with Crippen molar-refractivity contribution in [1.82, 2.24) is 0 Å². The second kappa shape index (κ2) is 33.5. The molecule has 0 amide bonds. The number of rotatable bonds is 37. The molecular formula is C42H72NO11P. The zero-order valence-electron chi connectivity index (χ0n) is 33.7. The van der Waals surface area contributed by atoms with Gasteiger partial charge in [-0.05, 0) is 70.6 Å². The molecule has 0 saturated carbocycles. The number of esters is 2. The molecule has 1 saturated heterocycles. The summed E-state index contributed by atoms with van der Waals surface area (Å²) in [4.78, 5) is 45.8. The van der Waals surface area contributed by atoms with Crippen molar-refractivity contribution < 1.29 is 52.2 Å². The van der Waals surface area contributed by atoms with Crippen molar-refractivity contribution in [2.75, 3.05) is 19.8 Å². The fraction of sp³-hybridized carbons (Fsp3) is 0.738. The Morgan fingerprint density at radius 2 is 1.22 bits per heavy atom. The Hall–Kier alpha value is -2.60. The molecule has 1 aliphatic rings. The van der Waals surface area contributed by atoms with Crippen LogP contribution in [0.5, 0.6) is 0 Å². The Balaban J connectivity index is 2.35. The number of unbranched alkanes of at least 4 members (excludes halogenated alkanes) is 12. The van der Waals surface area contributed by atoms with Gasteiger partial charge >= 0.3 is 25.7 Å². The van der Waals surface area contributed by atoms with Gasteiger partial charge in [-0.1, -0.05) is 120 Å². The third kappa shape index (κ3) is 31.2. The van der Waals surface area contributed by atoms with E-state index in [1.165, 1.54) is 51.4 Å². The number of carboxylic acids is 1. The molecule has 13 heteroatoms. The lowest BCUT2D eigenvalue weighted by atomic mass is 10.1. The molecule has 0 aromatic heterocycles. The van der Waals surface area contributed by atoms with E-state index >= 15 is 0 Å². The van der Waals surface area contributed by atoms with Gasteiger partial charge in [-0.15, -0.1) is 0 Å². The summed E-state index contributed by atoms with van der Waals surface area (Å²) in [5.74, 6) is -2.47. The zero-order chi connectivity index (χ0) is 40.4. The predicted molar refractivity (Wildman–Crippen MR) is 216 cm³/mol. The van der Waals surface area contributed by atoms with Crippen LogP contribution in [-0.4, -0.2) is 72.1 Å². The lowest BCUT2D eigenvalue weighted by Gasteiger charge is -2.20. The zero-order valence-corrected chi connectivity index (χ0v) is 34.6. The highest BCUT2D eigenvalue weighted by Gasteiger charge is 2.36. The van der Waals surface area contributed by atoms with E-state index in [0.717, 1.165) is 57.8 Å². The monoisotopic (exact) mass is 797 g/mol. The van der Waals surface area contributed by atoms with Gasteiger partial charge in [-0.3, -0.25) is 23.4 Å². The number of phosphoric acid groups is 1. The van der Waals surface area contributed by atoms with E-state index < -0.39 is 51.1 Å². The summed E-state index contributed by atoms with van der Waals surface area (Å²) in [7, 11) is -4.73. The average molecular weight is 798 g/mol. The van der Waals surface area contributed by atoms with Crippen molar-refractivity contribution in [3.63, 3.8) is 0 Å². The Bertz CT molecular complexity index is 1190. The van der Waals surface area contributed by atoms with Gasteiger partial charge in [-0.2, -0.15) is 0 Å². The van der Waals surface area contributed by atoms with Crippen LogP contribution in [0.4, 0.5) is 0 Å². The molecule has 1 heterocycles. The Labute approximate surface area is 330 Å². The number of carbonyl (C=O) groups excluding carboxylic acids is 2. The SMILES string of the molecule is CCCCCC/C=C\CCCCCCCC(=O)OC[C@H](COP(=O)(O)OC[C@H](N)C(=O)O)OC(=O)CCC/C=C\C/C=C\C/C=C\CC1OC1CCCCC. The Morgan fingerprint density at radius 3 is 1.91 bits per heavy atom. The van der Waals surface area contributed by atoms with Crippen molar-refractivity contribution in [2.24, 2.45) is 5.73 Å². The van der Waals surface area contributed by atoms with Crippen LogP contribution in [0.1, 0.15) is 155 Å². The predicted octanol–water partition coefficient (Wildman–Crippen LogP) is 9.60. The van der Waals surface area contributed by atoms with Gasteiger partial charge in [0.1, 0.15) is 12.6 Å². The molecule has 0 aromatic carbocycles. The first-order valence-corrected chi connectivity index (χ1v) is 22.3. The van der Waals surface area contributed by atoms with Crippen LogP contribution in [0, 0.1) is 0 Å². The summed E-state index contributed by atoms with van der Waals surface area (Å²) in [5.41, 5.74) is 5.32. The molecule has 1 aliphatic heterocycles. The number of hydrogen-bond acceptors (Lipinski definition) is 10. The fourth-order valence-electron chi connectivity index (χ4n) is 5.56. The Kier molecular flexibility index (Phi) is 30.7. The molecule has 12 nitrogen and oxygen atoms in total. The number of phosphoric ester groups is 1. The highest BCUT2D eigenvalue weighted by molar-refractivity contribution is 7.47. The molecule has 0 bridgehead atoms. The summed E-state index contributed by atoms with van der Waals surface area (Å²) >= 11 is 0. The molecule has 4 N–H and O–H groups in total. The first kappa shape index (κ1) is 50.4. The van der Waals surface area contributed by atoms with Crippen LogP contribution >= 0.6 is 7.82 Å². The van der Waals surface area contributed by atoms with Crippen molar-refractivity contribution >= 4 is 25.7 Å². The minimum atomic E-state index is -4.73. The van der Waals surface area contributed by atoms with Crippen LogP contribution in [0.3, 0.4) is 0 Å². The summed E-state index contributed by atoms with van der Waals surface area (Å²) in [6.45, 7) is 2.67. The highest BCUT2D eigenvalue weighted by atomic mass is 31.2. The maximum atomic E-state index is 12.6. The molecule has 0 radical (unpaired) electrons. The number of allylic oxidation sites excluding steroid dienone is 7. The van der Waals surface area contributed by atoms with Gasteiger partial charge in [0.2, 0.25) is 0 Å². The molecule has 0 aliphatic carbocycles. The van der Waals surface area contributed by atoms with Crippen LogP contribution in [-0.2, 0) is 42.2 Å². The van der Waals surface area contributed by atoms with Gasteiger partial charge in [0.05, 0.1) is 25.4 Å². The molecule has 55 heavy (non-hydrogen) atoms. The normalized spacial score (nSPS) is 18.0. The fourth-order valence-corrected chi connectivity index (χ4v) is 6.33. The standard InChI is InChI=1S/C42H72NO11P/c1-3-5-7-8-9-10-11-12-13-17-20-23-27-31-40(44)50-33-36(34-51-55(48,49)52-35-37(43)42(46)47)53-41(45)32-28-24-21-18-15-14-16-19-22-26-30-39-38(54-39)29-25-6-4-2/h10-11,14,16,18,21-22,26,36-39H,3-9,12-13,15,17,19-20,23-25,27-35,43H2,1-2H3,(H,46,47)(H,48,49)/b11-10-,16-14-,21-18-,26-22-/t36-,37+,38?,39?/m1/s1. The molecule has 5 atom stereocenters. The minimum absolute atomic E-state index is 0.0785. The molecule has 1 fully saturated rings. The molecular weight excluding hydrogens is 725 g/mol.